The topological polar surface area (TPSA) is 81.9 Å². The van der Waals surface area contributed by atoms with Gasteiger partial charge in [0.05, 0.1) is 5.57 Å². The number of carbonyl (C=O) groups is 1. The number of halogens is 1. The van der Waals surface area contributed by atoms with Crippen molar-refractivity contribution in [3.63, 3.8) is 0 Å². The van der Waals surface area contributed by atoms with Crippen molar-refractivity contribution in [2.45, 2.75) is 30.5 Å². The molecule has 5 rings (SSSR count). The van der Waals surface area contributed by atoms with E-state index in [1.165, 1.54) is 11.8 Å². The third kappa shape index (κ3) is 5.08. The Kier molecular flexibility index (Phi) is 6.83. The molecule has 0 aliphatic carbocycles. The zero-order chi connectivity index (χ0) is 24.2. The number of benzene rings is 2. The van der Waals surface area contributed by atoms with Crippen molar-refractivity contribution >= 4 is 35.3 Å². The van der Waals surface area contributed by atoms with Gasteiger partial charge in [0.1, 0.15) is 12.6 Å². The molecule has 7 nitrogen and oxygen atoms in total. The standard InChI is InChI=1S/C26H22ClN5O2S/c1-17-22(24(33)34-15-18-7-3-2-4-8-18)23(19-11-13-28-14-12-19)32-25(29-17)30-26(31-32)35-16-20-9-5-6-10-21(20)27/h2-14,23H,15-16H2,1H3,(H,29,30,31). The number of fused-ring (bicyclic) bond motifs is 1. The highest BCUT2D eigenvalue weighted by Gasteiger charge is 2.35. The molecule has 0 spiro atoms. The number of anilines is 1. The van der Waals surface area contributed by atoms with Crippen molar-refractivity contribution in [2.75, 3.05) is 5.32 Å². The van der Waals surface area contributed by atoms with Crippen LogP contribution in [0, 0.1) is 0 Å². The smallest absolute Gasteiger partial charge is 0.338 e. The highest BCUT2D eigenvalue weighted by molar-refractivity contribution is 7.98. The van der Waals surface area contributed by atoms with E-state index in [1.54, 1.807) is 17.1 Å². The van der Waals surface area contributed by atoms with E-state index >= 15 is 0 Å². The van der Waals surface area contributed by atoms with Gasteiger partial charge in [-0.1, -0.05) is 71.9 Å². The van der Waals surface area contributed by atoms with Gasteiger partial charge in [0.15, 0.2) is 0 Å². The van der Waals surface area contributed by atoms with Crippen LogP contribution < -0.4 is 5.32 Å². The Morgan fingerprint density at radius 2 is 1.83 bits per heavy atom. The minimum absolute atomic E-state index is 0.183. The van der Waals surface area contributed by atoms with Crippen LogP contribution in [0.5, 0.6) is 0 Å². The Labute approximate surface area is 212 Å². The van der Waals surface area contributed by atoms with Crippen molar-refractivity contribution in [3.05, 3.63) is 112 Å². The number of hydrogen-bond donors (Lipinski definition) is 1. The largest absolute Gasteiger partial charge is 0.457 e. The SMILES string of the molecule is CC1=C(C(=O)OCc2ccccc2)C(c2ccncc2)n2nc(SCc3ccccc3Cl)nc2N1. The first kappa shape index (κ1) is 23.1. The van der Waals surface area contributed by atoms with E-state index in [9.17, 15) is 4.79 Å². The van der Waals surface area contributed by atoms with Crippen LogP contribution in [0.1, 0.15) is 29.7 Å². The molecule has 0 saturated heterocycles. The lowest BCUT2D eigenvalue weighted by Crippen LogP contribution is -2.29. The fourth-order valence-corrected chi connectivity index (χ4v) is 4.98. The first-order valence-corrected chi connectivity index (χ1v) is 12.4. The molecule has 35 heavy (non-hydrogen) atoms. The fourth-order valence-electron chi connectivity index (χ4n) is 3.87. The second-order valence-corrected chi connectivity index (χ2v) is 9.30. The molecule has 4 aromatic rings. The molecule has 0 fully saturated rings. The summed E-state index contributed by atoms with van der Waals surface area (Å²) in [6.07, 6.45) is 3.40. The van der Waals surface area contributed by atoms with E-state index in [4.69, 9.17) is 21.4 Å². The molecule has 0 bridgehead atoms. The van der Waals surface area contributed by atoms with Crippen LogP contribution in [0.4, 0.5) is 5.95 Å². The van der Waals surface area contributed by atoms with Gasteiger partial charge in [-0.3, -0.25) is 4.98 Å². The van der Waals surface area contributed by atoms with E-state index < -0.39 is 12.0 Å². The summed E-state index contributed by atoms with van der Waals surface area (Å²) in [5.74, 6) is 0.777. The van der Waals surface area contributed by atoms with Crippen molar-refractivity contribution in [3.8, 4) is 0 Å². The van der Waals surface area contributed by atoms with E-state index in [1.807, 2.05) is 73.7 Å². The number of aromatic nitrogens is 4. The summed E-state index contributed by atoms with van der Waals surface area (Å²) >= 11 is 7.79. The molecule has 1 unspecified atom stereocenters. The molecule has 9 heteroatoms. The van der Waals surface area contributed by atoms with Gasteiger partial charge in [0.25, 0.3) is 0 Å². The summed E-state index contributed by atoms with van der Waals surface area (Å²) in [5.41, 5.74) is 3.94. The van der Waals surface area contributed by atoms with E-state index in [2.05, 4.69) is 15.3 Å². The second kappa shape index (κ2) is 10.3. The number of nitrogens with zero attached hydrogens (tertiary/aromatic N) is 4. The lowest BCUT2D eigenvalue weighted by atomic mass is 9.96. The number of allylic oxidation sites excluding steroid dienone is 1. The second-order valence-electron chi connectivity index (χ2n) is 7.95. The molecule has 0 amide bonds. The minimum atomic E-state index is -0.500. The average molecular weight is 504 g/mol. The molecule has 176 valence electrons. The van der Waals surface area contributed by atoms with E-state index in [-0.39, 0.29) is 6.61 Å². The van der Waals surface area contributed by atoms with Gasteiger partial charge in [-0.25, -0.2) is 9.48 Å². The maximum atomic E-state index is 13.3. The molecule has 0 saturated carbocycles. The van der Waals surface area contributed by atoms with Crippen LogP contribution in [0.25, 0.3) is 0 Å². The third-order valence-electron chi connectivity index (χ3n) is 5.60. The van der Waals surface area contributed by atoms with Gasteiger partial charge in [-0.15, -0.1) is 5.10 Å². The highest BCUT2D eigenvalue weighted by atomic mass is 35.5. The first-order valence-electron chi connectivity index (χ1n) is 11.0. The summed E-state index contributed by atoms with van der Waals surface area (Å²) in [6, 6.07) is 20.5. The van der Waals surface area contributed by atoms with Gasteiger partial charge >= 0.3 is 5.97 Å². The van der Waals surface area contributed by atoms with Crippen LogP contribution in [0.15, 0.2) is 95.6 Å². The molecule has 2 aromatic heterocycles. The summed E-state index contributed by atoms with van der Waals surface area (Å²) in [4.78, 5) is 22.1. The van der Waals surface area contributed by atoms with Gasteiger partial charge in [-0.2, -0.15) is 4.98 Å². The maximum absolute atomic E-state index is 13.3. The molecule has 0 radical (unpaired) electrons. The predicted molar refractivity (Wildman–Crippen MR) is 136 cm³/mol. The lowest BCUT2D eigenvalue weighted by molar-refractivity contribution is -0.140. The minimum Gasteiger partial charge on any atom is -0.457 e. The zero-order valence-electron chi connectivity index (χ0n) is 18.9. The molecular formula is C26H22ClN5O2S. The summed E-state index contributed by atoms with van der Waals surface area (Å²) in [6.45, 7) is 2.03. The summed E-state index contributed by atoms with van der Waals surface area (Å²) in [7, 11) is 0. The normalized spacial score (nSPS) is 14.9. The molecule has 2 aromatic carbocycles. The molecule has 1 aliphatic rings. The first-order chi connectivity index (χ1) is 17.1. The zero-order valence-corrected chi connectivity index (χ0v) is 20.5. The lowest BCUT2D eigenvalue weighted by Gasteiger charge is -2.28. The van der Waals surface area contributed by atoms with Gasteiger partial charge < -0.3 is 10.1 Å². The molecule has 1 aliphatic heterocycles. The van der Waals surface area contributed by atoms with Crippen LogP contribution in [0.3, 0.4) is 0 Å². The Hall–Kier alpha value is -3.62. The molecule has 3 heterocycles. The number of pyridine rings is 1. The van der Waals surface area contributed by atoms with Gasteiger partial charge in [0, 0.05) is 28.9 Å². The number of esters is 1. The highest BCUT2D eigenvalue weighted by Crippen LogP contribution is 2.37. The van der Waals surface area contributed by atoms with Gasteiger partial charge in [-0.05, 0) is 41.8 Å². The van der Waals surface area contributed by atoms with E-state index in [0.29, 0.717) is 33.2 Å². The van der Waals surface area contributed by atoms with Crippen molar-refractivity contribution in [1.82, 2.24) is 19.7 Å². The number of thioether (sulfide) groups is 1. The van der Waals surface area contributed by atoms with Crippen molar-refractivity contribution in [2.24, 2.45) is 0 Å². The van der Waals surface area contributed by atoms with Gasteiger partial charge in [0.2, 0.25) is 11.1 Å². The Bertz CT molecular complexity index is 1380. The average Bonchev–Trinajstić information content (AvgIpc) is 3.29. The van der Waals surface area contributed by atoms with Crippen LogP contribution in [-0.4, -0.2) is 25.7 Å². The fraction of sp³-hybridized carbons (Fsp3) is 0.154. The summed E-state index contributed by atoms with van der Waals surface area (Å²) in [5, 5.41) is 9.26. The van der Waals surface area contributed by atoms with Crippen molar-refractivity contribution < 1.29 is 9.53 Å². The number of carbonyl (C=O) groups excluding carboxylic acids is 1. The molecule has 1 atom stereocenters. The Morgan fingerprint density at radius 1 is 1.09 bits per heavy atom. The van der Waals surface area contributed by atoms with Crippen molar-refractivity contribution in [1.29, 1.82) is 0 Å². The quantitative estimate of drug-likeness (QED) is 0.258. The van der Waals surface area contributed by atoms with Crippen LogP contribution >= 0.6 is 23.4 Å². The van der Waals surface area contributed by atoms with E-state index in [0.717, 1.165) is 16.7 Å². The van der Waals surface area contributed by atoms with Crippen LogP contribution in [-0.2, 0) is 21.9 Å². The third-order valence-corrected chi connectivity index (χ3v) is 6.86. The molecule has 1 N–H and O–H groups in total. The molecular weight excluding hydrogens is 482 g/mol. The number of nitrogens with one attached hydrogen (secondary N) is 1. The number of ether oxygens (including phenoxy) is 1. The van der Waals surface area contributed by atoms with Crippen LogP contribution in [0.2, 0.25) is 5.02 Å². The Balaban J connectivity index is 1.43. The predicted octanol–water partition coefficient (Wildman–Crippen LogP) is 5.65. The monoisotopic (exact) mass is 503 g/mol. The summed E-state index contributed by atoms with van der Waals surface area (Å²) < 4.78 is 7.43. The number of rotatable bonds is 7. The maximum Gasteiger partial charge on any atom is 0.338 e. The Morgan fingerprint density at radius 3 is 2.60 bits per heavy atom. The number of hydrogen-bond acceptors (Lipinski definition) is 7.